The number of benzene rings is 1. The number of nitrogens with zero attached hydrogens (tertiary/aromatic N) is 2. The van der Waals surface area contributed by atoms with Crippen molar-refractivity contribution >= 4 is 34.5 Å². The lowest BCUT2D eigenvalue weighted by molar-refractivity contribution is -0.125. The van der Waals surface area contributed by atoms with Gasteiger partial charge in [-0.25, -0.2) is 4.39 Å². The molecule has 0 aromatic heterocycles. The molecule has 1 saturated heterocycles. The summed E-state index contributed by atoms with van der Waals surface area (Å²) in [6, 6.07) is 5.94. The average molecular weight is 421 g/mol. The smallest absolute Gasteiger partial charge is 0.240 e. The Morgan fingerprint density at radius 2 is 1.86 bits per heavy atom. The van der Waals surface area contributed by atoms with Gasteiger partial charge in [0.05, 0.1) is 5.71 Å². The van der Waals surface area contributed by atoms with E-state index in [4.69, 9.17) is 0 Å². The number of amidine groups is 1. The molecule has 1 aromatic rings. The summed E-state index contributed by atoms with van der Waals surface area (Å²) in [5, 5.41) is 13.5. The molecule has 0 bridgehead atoms. The minimum atomic E-state index is -0.500. The van der Waals surface area contributed by atoms with Crippen LogP contribution in [0.1, 0.15) is 64.4 Å². The lowest BCUT2D eigenvalue weighted by Crippen LogP contribution is -2.31. The molecule has 0 saturated carbocycles. The number of nitrogens with one attached hydrogen (secondary N) is 2. The molecule has 1 unspecified atom stereocenters. The Hall–Kier alpha value is -2.22. The van der Waals surface area contributed by atoms with Crippen LogP contribution in [0.2, 0.25) is 0 Å². The van der Waals surface area contributed by atoms with E-state index in [1.807, 2.05) is 0 Å². The Balaban J connectivity index is 1.74. The van der Waals surface area contributed by atoms with E-state index in [2.05, 4.69) is 27.8 Å². The van der Waals surface area contributed by atoms with Crippen LogP contribution in [0, 0.1) is 5.82 Å². The van der Waals surface area contributed by atoms with E-state index >= 15 is 0 Å². The topological polar surface area (TPSA) is 82.9 Å². The van der Waals surface area contributed by atoms with Gasteiger partial charge in [-0.3, -0.25) is 9.59 Å². The van der Waals surface area contributed by atoms with E-state index in [1.165, 1.54) is 49.6 Å². The van der Waals surface area contributed by atoms with Gasteiger partial charge in [0.15, 0.2) is 5.17 Å². The fraction of sp³-hybridized carbons (Fsp3) is 0.524. The van der Waals surface area contributed by atoms with Crippen molar-refractivity contribution in [1.82, 2.24) is 10.6 Å². The molecule has 1 atom stereocenters. The third kappa shape index (κ3) is 8.35. The third-order valence-electron chi connectivity index (χ3n) is 4.55. The third-order valence-corrected chi connectivity index (χ3v) is 5.62. The number of carbonyl (C=O) groups excluding carboxylic acids is 2. The molecule has 0 spiro atoms. The predicted octanol–water partition coefficient (Wildman–Crippen LogP) is 4.00. The SMILES string of the molecule is CCCCCCCCNC(=O)CC1S/C(=N\N=C(C)c2ccc(F)cc2)NC1=O. The molecule has 158 valence electrons. The number of rotatable bonds is 11. The van der Waals surface area contributed by atoms with Gasteiger partial charge in [-0.15, -0.1) is 5.10 Å². The van der Waals surface area contributed by atoms with Gasteiger partial charge < -0.3 is 10.6 Å². The van der Waals surface area contributed by atoms with Gasteiger partial charge in [-0.1, -0.05) is 62.9 Å². The lowest BCUT2D eigenvalue weighted by atomic mass is 10.1. The first-order valence-electron chi connectivity index (χ1n) is 10.1. The summed E-state index contributed by atoms with van der Waals surface area (Å²) >= 11 is 1.20. The maximum atomic E-state index is 13.0. The maximum absolute atomic E-state index is 13.0. The highest BCUT2D eigenvalue weighted by atomic mass is 32.2. The Morgan fingerprint density at radius 3 is 2.59 bits per heavy atom. The molecular formula is C21H29FN4O2S. The summed E-state index contributed by atoms with van der Waals surface area (Å²) in [7, 11) is 0. The van der Waals surface area contributed by atoms with Crippen LogP contribution in [0.5, 0.6) is 0 Å². The van der Waals surface area contributed by atoms with Crippen molar-refractivity contribution in [2.24, 2.45) is 10.2 Å². The Labute approximate surface area is 175 Å². The molecule has 2 N–H and O–H groups in total. The standard InChI is InChI=1S/C21H29FN4O2S/c1-3-4-5-6-7-8-13-23-19(27)14-18-20(28)24-21(29-18)26-25-15(2)16-9-11-17(22)12-10-16/h9-12,18H,3-8,13-14H2,1-2H3,(H,23,27)(H,24,26,28). The van der Waals surface area contributed by atoms with Crippen molar-refractivity contribution in [1.29, 1.82) is 0 Å². The molecule has 1 heterocycles. The van der Waals surface area contributed by atoms with Gasteiger partial charge in [0.1, 0.15) is 11.1 Å². The van der Waals surface area contributed by atoms with E-state index in [9.17, 15) is 14.0 Å². The van der Waals surface area contributed by atoms with Gasteiger partial charge >= 0.3 is 0 Å². The van der Waals surface area contributed by atoms with E-state index in [1.54, 1.807) is 19.1 Å². The van der Waals surface area contributed by atoms with Gasteiger partial charge in [-0.2, -0.15) is 5.10 Å². The molecule has 8 heteroatoms. The Kier molecular flexibility index (Phi) is 9.83. The van der Waals surface area contributed by atoms with Crippen LogP contribution >= 0.6 is 11.8 Å². The molecule has 2 rings (SSSR count). The van der Waals surface area contributed by atoms with E-state index in [0.29, 0.717) is 17.4 Å². The zero-order valence-electron chi connectivity index (χ0n) is 17.0. The van der Waals surface area contributed by atoms with Crippen molar-refractivity contribution in [3.05, 3.63) is 35.6 Å². The number of unbranched alkanes of at least 4 members (excludes halogenated alkanes) is 5. The molecule has 2 amide bonds. The van der Waals surface area contributed by atoms with Crippen molar-refractivity contribution < 1.29 is 14.0 Å². The minimum absolute atomic E-state index is 0.117. The number of halogens is 1. The number of hydrogen-bond donors (Lipinski definition) is 2. The number of carbonyl (C=O) groups is 2. The molecule has 0 radical (unpaired) electrons. The zero-order valence-corrected chi connectivity index (χ0v) is 17.9. The van der Waals surface area contributed by atoms with Crippen LogP contribution in [-0.4, -0.2) is 34.5 Å². The second kappa shape index (κ2) is 12.4. The maximum Gasteiger partial charge on any atom is 0.240 e. The highest BCUT2D eigenvalue weighted by molar-refractivity contribution is 8.15. The van der Waals surface area contributed by atoms with Crippen molar-refractivity contribution in [2.45, 2.75) is 64.0 Å². The zero-order chi connectivity index (χ0) is 21.1. The van der Waals surface area contributed by atoms with E-state index < -0.39 is 5.25 Å². The largest absolute Gasteiger partial charge is 0.356 e. The second-order valence-electron chi connectivity index (χ2n) is 7.02. The molecule has 0 aliphatic carbocycles. The highest BCUT2D eigenvalue weighted by Gasteiger charge is 2.32. The number of amides is 2. The highest BCUT2D eigenvalue weighted by Crippen LogP contribution is 2.22. The van der Waals surface area contributed by atoms with E-state index in [-0.39, 0.29) is 24.1 Å². The number of thioether (sulfide) groups is 1. The predicted molar refractivity (Wildman–Crippen MR) is 117 cm³/mol. The first-order valence-corrected chi connectivity index (χ1v) is 11.0. The van der Waals surface area contributed by atoms with Gasteiger partial charge in [0, 0.05) is 13.0 Å². The monoisotopic (exact) mass is 420 g/mol. The first kappa shape index (κ1) is 23.1. The minimum Gasteiger partial charge on any atom is -0.356 e. The Morgan fingerprint density at radius 1 is 1.17 bits per heavy atom. The molecule has 6 nitrogen and oxygen atoms in total. The lowest BCUT2D eigenvalue weighted by Gasteiger charge is -2.07. The van der Waals surface area contributed by atoms with Crippen LogP contribution in [-0.2, 0) is 9.59 Å². The van der Waals surface area contributed by atoms with Gasteiger partial charge in [-0.05, 0) is 31.0 Å². The van der Waals surface area contributed by atoms with Gasteiger partial charge in [0.25, 0.3) is 0 Å². The summed E-state index contributed by atoms with van der Waals surface area (Å²) in [6.45, 7) is 4.59. The van der Waals surface area contributed by atoms with Crippen LogP contribution in [0.15, 0.2) is 34.5 Å². The fourth-order valence-electron chi connectivity index (χ4n) is 2.83. The number of hydrogen-bond acceptors (Lipinski definition) is 5. The van der Waals surface area contributed by atoms with Crippen molar-refractivity contribution in [3.8, 4) is 0 Å². The molecule has 1 aliphatic rings. The van der Waals surface area contributed by atoms with E-state index in [0.717, 1.165) is 18.4 Å². The second-order valence-corrected chi connectivity index (χ2v) is 8.21. The molecule has 1 aromatic carbocycles. The average Bonchev–Trinajstić information content (AvgIpc) is 3.05. The molecular weight excluding hydrogens is 391 g/mol. The summed E-state index contributed by atoms with van der Waals surface area (Å²) in [4.78, 5) is 24.1. The van der Waals surface area contributed by atoms with Gasteiger partial charge in [0.2, 0.25) is 11.8 Å². The molecule has 1 aliphatic heterocycles. The van der Waals surface area contributed by atoms with Crippen molar-refractivity contribution in [2.75, 3.05) is 6.54 Å². The normalized spacial score (nSPS) is 18.2. The summed E-state index contributed by atoms with van der Waals surface area (Å²) in [5.41, 5.74) is 1.35. The molecule has 29 heavy (non-hydrogen) atoms. The summed E-state index contributed by atoms with van der Waals surface area (Å²) in [5.74, 6) is -0.680. The first-order chi connectivity index (χ1) is 14.0. The Bertz CT molecular complexity index is 750. The summed E-state index contributed by atoms with van der Waals surface area (Å²) in [6.07, 6.45) is 7.12. The van der Waals surface area contributed by atoms with Crippen molar-refractivity contribution in [3.63, 3.8) is 0 Å². The van der Waals surface area contributed by atoms with Crippen LogP contribution in [0.25, 0.3) is 0 Å². The quantitative estimate of drug-likeness (QED) is 0.322. The summed E-state index contributed by atoms with van der Waals surface area (Å²) < 4.78 is 13.0. The van der Waals surface area contributed by atoms with Crippen LogP contribution in [0.3, 0.4) is 0 Å². The van der Waals surface area contributed by atoms with Crippen LogP contribution in [0.4, 0.5) is 4.39 Å². The molecule has 1 fully saturated rings. The van der Waals surface area contributed by atoms with Crippen LogP contribution < -0.4 is 10.6 Å². The fourth-order valence-corrected chi connectivity index (χ4v) is 3.75.